The van der Waals surface area contributed by atoms with Crippen LogP contribution in [0.3, 0.4) is 0 Å². The van der Waals surface area contributed by atoms with Crippen LogP contribution >= 0.6 is 11.3 Å². The van der Waals surface area contributed by atoms with Crippen molar-refractivity contribution in [1.82, 2.24) is 5.32 Å². The van der Waals surface area contributed by atoms with Crippen LogP contribution in [0.4, 0.5) is 4.39 Å². The fraction of sp³-hybridized carbons (Fsp3) is 0.267. The van der Waals surface area contributed by atoms with Gasteiger partial charge in [0.15, 0.2) is 0 Å². The van der Waals surface area contributed by atoms with Gasteiger partial charge >= 0.3 is 0 Å². The Morgan fingerprint density at radius 3 is 2.90 bits per heavy atom. The van der Waals surface area contributed by atoms with Gasteiger partial charge in [-0.15, -0.1) is 11.3 Å². The molecule has 0 radical (unpaired) electrons. The number of halogens is 1. The molecule has 5 heteroatoms. The molecule has 1 amide bonds. The fourth-order valence-corrected chi connectivity index (χ4v) is 2.65. The number of benzene rings is 1. The van der Waals surface area contributed by atoms with Crippen LogP contribution in [0, 0.1) is 5.82 Å². The number of nitrogens with one attached hydrogen (secondary N) is 1. The van der Waals surface area contributed by atoms with Crippen LogP contribution in [-0.4, -0.2) is 11.0 Å². The highest BCUT2D eigenvalue weighted by Crippen LogP contribution is 2.20. The summed E-state index contributed by atoms with van der Waals surface area (Å²) in [6.07, 6.45) is 0. The lowest BCUT2D eigenvalue weighted by atomic mass is 10.1. The Morgan fingerprint density at radius 1 is 1.45 bits per heavy atom. The van der Waals surface area contributed by atoms with Crippen LogP contribution in [0.5, 0.6) is 0 Å². The van der Waals surface area contributed by atoms with Gasteiger partial charge in [0, 0.05) is 17.0 Å². The Labute approximate surface area is 121 Å². The molecule has 0 aliphatic rings. The molecule has 1 heterocycles. The van der Waals surface area contributed by atoms with Crippen molar-refractivity contribution in [3.8, 4) is 0 Å². The highest BCUT2D eigenvalue weighted by Gasteiger charge is 2.15. The van der Waals surface area contributed by atoms with Gasteiger partial charge < -0.3 is 10.4 Å². The molecule has 0 spiro atoms. The summed E-state index contributed by atoms with van der Waals surface area (Å²) in [6.45, 7) is 1.83. The largest absolute Gasteiger partial charge is 0.392 e. The minimum atomic E-state index is -0.436. The summed E-state index contributed by atoms with van der Waals surface area (Å²) in [4.78, 5) is 13.0. The zero-order chi connectivity index (χ0) is 14.5. The molecule has 1 atom stereocenters. The summed E-state index contributed by atoms with van der Waals surface area (Å²) in [7, 11) is 0. The second-order valence-corrected chi connectivity index (χ2v) is 5.52. The lowest BCUT2D eigenvalue weighted by Crippen LogP contribution is -2.27. The van der Waals surface area contributed by atoms with Crippen LogP contribution < -0.4 is 5.32 Å². The van der Waals surface area contributed by atoms with E-state index in [4.69, 9.17) is 5.11 Å². The van der Waals surface area contributed by atoms with Crippen molar-refractivity contribution in [2.45, 2.75) is 26.0 Å². The lowest BCUT2D eigenvalue weighted by molar-refractivity contribution is -0.122. The predicted molar refractivity (Wildman–Crippen MR) is 76.9 cm³/mol. The van der Waals surface area contributed by atoms with E-state index in [2.05, 4.69) is 5.32 Å². The first-order valence-corrected chi connectivity index (χ1v) is 7.19. The summed E-state index contributed by atoms with van der Waals surface area (Å²) >= 11 is 1.55. The number of hydrogen-bond acceptors (Lipinski definition) is 3. The van der Waals surface area contributed by atoms with Gasteiger partial charge in [0.25, 0.3) is 0 Å². The number of amides is 1. The van der Waals surface area contributed by atoms with Crippen LogP contribution in [0.1, 0.15) is 28.8 Å². The molecule has 0 saturated carbocycles. The van der Waals surface area contributed by atoms with Gasteiger partial charge in [-0.1, -0.05) is 12.1 Å². The summed E-state index contributed by atoms with van der Waals surface area (Å²) in [5.74, 6) is -0.704. The maximum Gasteiger partial charge on any atom is 0.228 e. The number of thiophene rings is 1. The molecule has 1 aromatic carbocycles. The third-order valence-electron chi connectivity index (χ3n) is 3.11. The van der Waals surface area contributed by atoms with Crippen molar-refractivity contribution in [1.29, 1.82) is 0 Å². The minimum Gasteiger partial charge on any atom is -0.392 e. The highest BCUT2D eigenvalue weighted by atomic mass is 32.1. The quantitative estimate of drug-likeness (QED) is 0.890. The average Bonchev–Trinajstić information content (AvgIpc) is 2.99. The summed E-state index contributed by atoms with van der Waals surface area (Å²) in [5.41, 5.74) is 1.00. The predicted octanol–water partition coefficient (Wildman–Crippen LogP) is 2.80. The Hall–Kier alpha value is -1.72. The van der Waals surface area contributed by atoms with Crippen LogP contribution in [0.25, 0.3) is 0 Å². The number of carbonyl (C=O) groups is 1. The molecule has 1 aromatic heterocycles. The fourth-order valence-electron chi connectivity index (χ4n) is 1.87. The topological polar surface area (TPSA) is 49.3 Å². The van der Waals surface area contributed by atoms with Crippen molar-refractivity contribution in [3.05, 3.63) is 57.5 Å². The summed E-state index contributed by atoms with van der Waals surface area (Å²) in [5, 5.41) is 13.8. The zero-order valence-corrected chi connectivity index (χ0v) is 11.9. The third-order valence-corrected chi connectivity index (χ3v) is 4.17. The monoisotopic (exact) mass is 293 g/mol. The van der Waals surface area contributed by atoms with Gasteiger partial charge in [-0.25, -0.2) is 4.39 Å². The number of hydrogen-bond donors (Lipinski definition) is 2. The average molecular weight is 293 g/mol. The van der Waals surface area contributed by atoms with Gasteiger partial charge in [0.2, 0.25) is 5.91 Å². The van der Waals surface area contributed by atoms with E-state index in [0.29, 0.717) is 6.54 Å². The molecule has 2 N–H and O–H groups in total. The van der Waals surface area contributed by atoms with E-state index >= 15 is 0 Å². The Bertz CT molecular complexity index is 584. The molecule has 0 saturated heterocycles. The van der Waals surface area contributed by atoms with E-state index in [0.717, 1.165) is 10.4 Å². The van der Waals surface area contributed by atoms with Crippen molar-refractivity contribution in [2.75, 3.05) is 0 Å². The first kappa shape index (κ1) is 14.7. The molecule has 3 nitrogen and oxygen atoms in total. The van der Waals surface area contributed by atoms with Crippen LogP contribution in [0.2, 0.25) is 0 Å². The van der Waals surface area contributed by atoms with E-state index in [1.54, 1.807) is 23.5 Å². The molecule has 0 bridgehead atoms. The lowest BCUT2D eigenvalue weighted by Gasteiger charge is -2.11. The second-order valence-electron chi connectivity index (χ2n) is 4.54. The summed E-state index contributed by atoms with van der Waals surface area (Å²) < 4.78 is 13.2. The summed E-state index contributed by atoms with van der Waals surface area (Å²) in [6, 6.07) is 8.31. The van der Waals surface area contributed by atoms with Crippen molar-refractivity contribution >= 4 is 17.2 Å². The highest BCUT2D eigenvalue weighted by molar-refractivity contribution is 7.10. The second kappa shape index (κ2) is 6.63. The normalized spacial score (nSPS) is 12.2. The first-order valence-electron chi connectivity index (χ1n) is 6.31. The van der Waals surface area contributed by atoms with E-state index in [-0.39, 0.29) is 24.0 Å². The smallest absolute Gasteiger partial charge is 0.228 e. The third kappa shape index (κ3) is 3.43. The Morgan fingerprint density at radius 2 is 2.25 bits per heavy atom. The first-order chi connectivity index (χ1) is 9.61. The number of aliphatic hydroxyl groups is 1. The molecule has 0 aliphatic heterocycles. The maximum atomic E-state index is 13.2. The van der Waals surface area contributed by atoms with E-state index in [1.807, 2.05) is 24.4 Å². The molecule has 1 unspecified atom stereocenters. The van der Waals surface area contributed by atoms with E-state index in [9.17, 15) is 9.18 Å². The Kier molecular flexibility index (Phi) is 4.87. The minimum absolute atomic E-state index is 0.0673. The SMILES string of the molecule is CC(C(=O)NCc1ccc(F)c(CO)c1)c1cccs1. The molecule has 2 rings (SSSR count). The van der Waals surface area contributed by atoms with Crippen LogP contribution in [0.15, 0.2) is 35.7 Å². The van der Waals surface area contributed by atoms with Gasteiger partial charge in [-0.05, 0) is 36.1 Å². The van der Waals surface area contributed by atoms with Gasteiger partial charge in [0.1, 0.15) is 5.82 Å². The molecular formula is C15H16FNO2S. The Balaban J connectivity index is 1.96. The molecule has 0 aliphatic carbocycles. The number of aliphatic hydroxyl groups excluding tert-OH is 1. The van der Waals surface area contributed by atoms with Crippen molar-refractivity contribution < 1.29 is 14.3 Å². The van der Waals surface area contributed by atoms with Crippen LogP contribution in [-0.2, 0) is 17.9 Å². The van der Waals surface area contributed by atoms with Crippen molar-refractivity contribution in [2.24, 2.45) is 0 Å². The molecular weight excluding hydrogens is 277 g/mol. The standard InChI is InChI=1S/C15H16FNO2S/c1-10(14-3-2-6-20-14)15(19)17-8-11-4-5-13(16)12(7-11)9-18/h2-7,10,18H,8-9H2,1H3,(H,17,19). The molecule has 20 heavy (non-hydrogen) atoms. The zero-order valence-electron chi connectivity index (χ0n) is 11.1. The molecule has 2 aromatic rings. The van der Waals surface area contributed by atoms with E-state index in [1.165, 1.54) is 6.07 Å². The van der Waals surface area contributed by atoms with Gasteiger partial charge in [-0.2, -0.15) is 0 Å². The van der Waals surface area contributed by atoms with Crippen molar-refractivity contribution in [3.63, 3.8) is 0 Å². The van der Waals surface area contributed by atoms with Gasteiger partial charge in [0.05, 0.1) is 12.5 Å². The number of carbonyl (C=O) groups excluding carboxylic acids is 1. The maximum absolute atomic E-state index is 13.2. The molecule has 106 valence electrons. The van der Waals surface area contributed by atoms with Gasteiger partial charge in [-0.3, -0.25) is 4.79 Å². The number of rotatable bonds is 5. The van der Waals surface area contributed by atoms with E-state index < -0.39 is 5.82 Å². The molecule has 0 fully saturated rings.